The molecule has 216 valence electrons. The number of rotatable bonds is 19. The van der Waals surface area contributed by atoms with E-state index in [9.17, 15) is 48.3 Å². The predicted molar refractivity (Wildman–Crippen MR) is 111 cm³/mol. The van der Waals surface area contributed by atoms with Gasteiger partial charge in [-0.2, -0.15) is 48.3 Å². The molecule has 0 N–H and O–H groups in total. The van der Waals surface area contributed by atoms with Crippen LogP contribution in [0.1, 0.15) is 89.9 Å². The molecule has 0 aromatic heterocycles. The fourth-order valence-corrected chi connectivity index (χ4v) is 3.92. The van der Waals surface area contributed by atoms with Gasteiger partial charge in [-0.1, -0.05) is 51.4 Å². The van der Waals surface area contributed by atoms with Gasteiger partial charge >= 0.3 is 29.9 Å². The van der Waals surface area contributed by atoms with Gasteiger partial charge in [-0.15, -0.1) is 0 Å². The highest BCUT2D eigenvalue weighted by Gasteiger charge is 2.86. The van der Waals surface area contributed by atoms with E-state index >= 15 is 0 Å². The van der Waals surface area contributed by atoms with Gasteiger partial charge in [0, 0.05) is 26.2 Å². The van der Waals surface area contributed by atoms with E-state index in [4.69, 9.17) is 9.47 Å². The predicted octanol–water partition coefficient (Wildman–Crippen LogP) is 8.97. The van der Waals surface area contributed by atoms with Crippen molar-refractivity contribution < 1.29 is 57.8 Å². The van der Waals surface area contributed by atoms with Crippen LogP contribution < -0.4 is 0 Å². The van der Waals surface area contributed by atoms with E-state index in [0.29, 0.717) is 32.2 Å². The zero-order chi connectivity index (χ0) is 27.5. The van der Waals surface area contributed by atoms with E-state index in [0.717, 1.165) is 64.4 Å². The summed E-state index contributed by atoms with van der Waals surface area (Å²) in [6.07, 6.45) is -0.151. The Balaban J connectivity index is 2.11. The van der Waals surface area contributed by atoms with Gasteiger partial charge in [0.15, 0.2) is 0 Å². The molecule has 1 aliphatic heterocycles. The molecule has 1 fully saturated rings. The quantitative estimate of drug-likeness (QED) is 0.118. The van der Waals surface area contributed by atoms with Crippen LogP contribution in [0.3, 0.4) is 0 Å². The first kappa shape index (κ1) is 33.2. The summed E-state index contributed by atoms with van der Waals surface area (Å²) >= 11 is 0. The molecule has 13 heteroatoms. The molecule has 1 heterocycles. The average Bonchev–Trinajstić information content (AvgIpc) is 3.28. The standard InChI is InChI=1S/C23H35F11O2/c24-19(25,20(26,27)21(28,29)22(30,31)23(32,33)34)14-9-7-5-3-1-2-4-6-8-10-15-35-17-13-18-12-11-16-36-18/h18H,1-17H2. The normalized spacial score (nSPS) is 18.2. The smallest absolute Gasteiger partial charge is 0.381 e. The second-order valence-electron chi connectivity index (χ2n) is 9.25. The number of hydrogen-bond donors (Lipinski definition) is 0. The molecule has 1 aliphatic rings. The van der Waals surface area contributed by atoms with Crippen LogP contribution in [0.25, 0.3) is 0 Å². The molecule has 36 heavy (non-hydrogen) atoms. The maximum Gasteiger partial charge on any atom is 0.460 e. The molecule has 1 saturated heterocycles. The Bertz CT molecular complexity index is 603. The number of ether oxygens (including phenoxy) is 2. The first-order valence-electron chi connectivity index (χ1n) is 12.4. The Morgan fingerprint density at radius 2 is 1.08 bits per heavy atom. The van der Waals surface area contributed by atoms with E-state index in [1.54, 1.807) is 0 Å². The fourth-order valence-electron chi connectivity index (χ4n) is 3.92. The molecule has 0 amide bonds. The minimum Gasteiger partial charge on any atom is -0.381 e. The van der Waals surface area contributed by atoms with Gasteiger partial charge in [0.05, 0.1) is 6.10 Å². The maximum atomic E-state index is 13.6. The van der Waals surface area contributed by atoms with Gasteiger partial charge < -0.3 is 9.47 Å². The maximum absolute atomic E-state index is 13.6. The average molecular weight is 553 g/mol. The largest absolute Gasteiger partial charge is 0.460 e. The van der Waals surface area contributed by atoms with Crippen molar-refractivity contribution in [1.82, 2.24) is 0 Å². The van der Waals surface area contributed by atoms with Crippen LogP contribution in [0.15, 0.2) is 0 Å². The lowest BCUT2D eigenvalue weighted by Crippen LogP contribution is -2.66. The summed E-state index contributed by atoms with van der Waals surface area (Å²) in [5.41, 5.74) is 0. The summed E-state index contributed by atoms with van der Waals surface area (Å²) in [6.45, 7) is 2.17. The van der Waals surface area contributed by atoms with Crippen molar-refractivity contribution >= 4 is 0 Å². The van der Waals surface area contributed by atoms with Crippen molar-refractivity contribution in [2.45, 2.75) is 126 Å². The van der Waals surface area contributed by atoms with Gasteiger partial charge in [-0.25, -0.2) is 0 Å². The van der Waals surface area contributed by atoms with Crippen LogP contribution in [-0.4, -0.2) is 55.8 Å². The van der Waals surface area contributed by atoms with Crippen LogP contribution in [0.4, 0.5) is 48.3 Å². The molecular weight excluding hydrogens is 517 g/mol. The van der Waals surface area contributed by atoms with Gasteiger partial charge in [-0.3, -0.25) is 0 Å². The first-order chi connectivity index (χ1) is 16.6. The van der Waals surface area contributed by atoms with E-state index < -0.39 is 42.7 Å². The van der Waals surface area contributed by atoms with Crippen molar-refractivity contribution in [2.24, 2.45) is 0 Å². The lowest BCUT2D eigenvalue weighted by Gasteiger charge is -2.37. The van der Waals surface area contributed by atoms with Crippen LogP contribution in [0.5, 0.6) is 0 Å². The number of alkyl halides is 11. The van der Waals surface area contributed by atoms with Crippen LogP contribution in [-0.2, 0) is 9.47 Å². The SMILES string of the molecule is FC(F)(F)C(F)(F)C(F)(F)C(F)(F)C(F)(F)CCCCCCCCCCCCOCCC1CCCO1. The van der Waals surface area contributed by atoms with E-state index in [-0.39, 0.29) is 6.42 Å². The lowest BCUT2D eigenvalue weighted by molar-refractivity contribution is -0.422. The molecule has 0 spiro atoms. The third kappa shape index (κ3) is 9.16. The monoisotopic (exact) mass is 552 g/mol. The Labute approximate surface area is 204 Å². The minimum absolute atomic E-state index is 0.0733. The Morgan fingerprint density at radius 3 is 1.56 bits per heavy atom. The van der Waals surface area contributed by atoms with Crippen molar-refractivity contribution in [2.75, 3.05) is 19.8 Å². The molecular formula is C23H35F11O2. The molecule has 1 atom stereocenters. The van der Waals surface area contributed by atoms with E-state index in [1.807, 2.05) is 0 Å². The van der Waals surface area contributed by atoms with Crippen molar-refractivity contribution in [1.29, 1.82) is 0 Å². The van der Waals surface area contributed by atoms with Crippen molar-refractivity contribution in [3.05, 3.63) is 0 Å². The highest BCUT2D eigenvalue weighted by molar-refractivity contribution is 5.06. The molecule has 0 bridgehead atoms. The highest BCUT2D eigenvalue weighted by Crippen LogP contribution is 2.58. The van der Waals surface area contributed by atoms with E-state index in [2.05, 4.69) is 0 Å². The Kier molecular flexibility index (Phi) is 13.2. The summed E-state index contributed by atoms with van der Waals surface area (Å²) in [5.74, 6) is -27.2. The Hall–Kier alpha value is -0.850. The summed E-state index contributed by atoms with van der Waals surface area (Å²) in [7, 11) is 0. The Morgan fingerprint density at radius 1 is 0.583 bits per heavy atom. The van der Waals surface area contributed by atoms with Crippen molar-refractivity contribution in [3.63, 3.8) is 0 Å². The lowest BCUT2D eigenvalue weighted by atomic mass is 9.94. The first-order valence-corrected chi connectivity index (χ1v) is 12.4. The second kappa shape index (κ2) is 14.3. The topological polar surface area (TPSA) is 18.5 Å². The third-order valence-corrected chi connectivity index (χ3v) is 6.24. The minimum atomic E-state index is -7.32. The molecule has 0 radical (unpaired) electrons. The number of halogens is 11. The van der Waals surface area contributed by atoms with Crippen molar-refractivity contribution in [3.8, 4) is 0 Å². The fraction of sp³-hybridized carbons (Fsp3) is 1.00. The summed E-state index contributed by atoms with van der Waals surface area (Å²) in [5, 5.41) is 0. The van der Waals surface area contributed by atoms with Crippen LogP contribution in [0.2, 0.25) is 0 Å². The highest BCUT2D eigenvalue weighted by atomic mass is 19.4. The molecule has 0 aliphatic carbocycles. The molecule has 0 aromatic rings. The molecule has 0 saturated carbocycles. The van der Waals surface area contributed by atoms with Gasteiger partial charge in [0.1, 0.15) is 0 Å². The summed E-state index contributed by atoms with van der Waals surface area (Å²) in [4.78, 5) is 0. The second-order valence-corrected chi connectivity index (χ2v) is 9.25. The number of unbranched alkanes of at least 4 members (excludes halogenated alkanes) is 9. The van der Waals surface area contributed by atoms with Crippen LogP contribution >= 0.6 is 0 Å². The number of hydrogen-bond acceptors (Lipinski definition) is 2. The van der Waals surface area contributed by atoms with Gasteiger partial charge in [0.25, 0.3) is 0 Å². The molecule has 1 rings (SSSR count). The van der Waals surface area contributed by atoms with Gasteiger partial charge in [0.2, 0.25) is 0 Å². The molecule has 0 aromatic carbocycles. The summed E-state index contributed by atoms with van der Waals surface area (Å²) in [6, 6.07) is 0. The molecule has 1 unspecified atom stereocenters. The molecule has 2 nitrogen and oxygen atoms in total. The van der Waals surface area contributed by atoms with Gasteiger partial charge in [-0.05, 0) is 32.1 Å². The van der Waals surface area contributed by atoms with E-state index in [1.165, 1.54) is 0 Å². The summed E-state index contributed by atoms with van der Waals surface area (Å²) < 4.78 is 153. The zero-order valence-electron chi connectivity index (χ0n) is 20.1. The third-order valence-electron chi connectivity index (χ3n) is 6.24. The van der Waals surface area contributed by atoms with Crippen LogP contribution in [0, 0.1) is 0 Å². The zero-order valence-corrected chi connectivity index (χ0v) is 20.1.